The second kappa shape index (κ2) is 8.64. The summed E-state index contributed by atoms with van der Waals surface area (Å²) in [7, 11) is -3.25. The first-order valence-electron chi connectivity index (χ1n) is 10.9. The van der Waals surface area contributed by atoms with E-state index in [1.807, 2.05) is 38.1 Å². The van der Waals surface area contributed by atoms with Crippen molar-refractivity contribution in [3.8, 4) is 0 Å². The van der Waals surface area contributed by atoms with Crippen LogP contribution in [0.1, 0.15) is 25.6 Å². The zero-order valence-electron chi connectivity index (χ0n) is 19.0. The van der Waals surface area contributed by atoms with E-state index in [4.69, 9.17) is 16.6 Å². The number of sulfonamides is 1. The minimum atomic E-state index is -3.25. The summed E-state index contributed by atoms with van der Waals surface area (Å²) in [6, 6.07) is 7.53. The number of anilines is 2. The second-order valence-corrected chi connectivity index (χ2v) is 10.9. The maximum atomic E-state index is 12.1. The molecule has 178 valence electrons. The van der Waals surface area contributed by atoms with E-state index < -0.39 is 10.0 Å². The van der Waals surface area contributed by atoms with Gasteiger partial charge in [0.15, 0.2) is 11.5 Å². The lowest BCUT2D eigenvalue weighted by Gasteiger charge is -2.40. The third-order valence-corrected chi connectivity index (χ3v) is 7.74. The number of pyridine rings is 1. The third kappa shape index (κ3) is 4.15. The lowest BCUT2D eigenvalue weighted by Crippen LogP contribution is -2.53. The van der Waals surface area contributed by atoms with Gasteiger partial charge < -0.3 is 15.2 Å². The molecule has 0 unspecified atom stereocenters. The summed E-state index contributed by atoms with van der Waals surface area (Å²) in [6.45, 7) is 5.32. The van der Waals surface area contributed by atoms with Gasteiger partial charge in [0.25, 0.3) is 0 Å². The summed E-state index contributed by atoms with van der Waals surface area (Å²) in [5, 5.41) is 5.83. The molecule has 0 radical (unpaired) electrons. The Hall–Kier alpha value is -3.02. The van der Waals surface area contributed by atoms with E-state index in [1.165, 1.54) is 16.9 Å². The summed E-state index contributed by atoms with van der Waals surface area (Å²) in [6.07, 6.45) is 4.32. The molecule has 1 aromatic carbocycles. The van der Waals surface area contributed by atoms with Gasteiger partial charge in [-0.25, -0.2) is 28.4 Å². The number of rotatable bonds is 5. The van der Waals surface area contributed by atoms with Gasteiger partial charge in [0.1, 0.15) is 17.7 Å². The summed E-state index contributed by atoms with van der Waals surface area (Å²) in [4.78, 5) is 23.0. The number of hydrogen-bond acceptors (Lipinski definition) is 8. The highest BCUT2D eigenvalue weighted by Gasteiger charge is 2.31. The van der Waals surface area contributed by atoms with Gasteiger partial charge in [-0.05, 0) is 31.4 Å². The number of benzene rings is 1. The lowest BCUT2D eigenvalue weighted by molar-refractivity contribution is 0.344. The molecule has 2 atom stereocenters. The van der Waals surface area contributed by atoms with Crippen LogP contribution in [0.4, 0.5) is 11.6 Å². The highest BCUT2D eigenvalue weighted by Crippen LogP contribution is 2.35. The number of hydrogen-bond donors (Lipinski definition) is 2. The molecule has 34 heavy (non-hydrogen) atoms. The van der Waals surface area contributed by atoms with Crippen molar-refractivity contribution in [2.75, 3.05) is 36.1 Å². The van der Waals surface area contributed by atoms with E-state index in [0.29, 0.717) is 41.6 Å². The Morgan fingerprint density at radius 2 is 2.06 bits per heavy atom. The molecule has 5 rings (SSSR count). The van der Waals surface area contributed by atoms with Crippen LogP contribution in [0.3, 0.4) is 0 Å². The van der Waals surface area contributed by atoms with Gasteiger partial charge in [0, 0.05) is 31.1 Å². The van der Waals surface area contributed by atoms with E-state index in [0.717, 1.165) is 22.3 Å². The van der Waals surface area contributed by atoms with Crippen molar-refractivity contribution in [3.63, 3.8) is 0 Å². The van der Waals surface area contributed by atoms with Gasteiger partial charge in [0.05, 0.1) is 29.3 Å². The topological polar surface area (TPSA) is 120 Å². The molecule has 1 aliphatic rings. The predicted molar refractivity (Wildman–Crippen MR) is 134 cm³/mol. The quantitative estimate of drug-likeness (QED) is 0.428. The molecule has 1 fully saturated rings. The van der Waals surface area contributed by atoms with Crippen LogP contribution in [0.15, 0.2) is 36.9 Å². The van der Waals surface area contributed by atoms with Crippen molar-refractivity contribution in [1.29, 1.82) is 0 Å². The Kier molecular flexibility index (Phi) is 5.78. The van der Waals surface area contributed by atoms with Crippen LogP contribution in [-0.4, -0.2) is 69.6 Å². The van der Waals surface area contributed by atoms with Gasteiger partial charge in [-0.3, -0.25) is 0 Å². The number of H-pyrrole nitrogens is 1. The van der Waals surface area contributed by atoms with Crippen molar-refractivity contribution in [2.24, 2.45) is 0 Å². The fourth-order valence-electron chi connectivity index (χ4n) is 4.39. The zero-order valence-corrected chi connectivity index (χ0v) is 20.6. The van der Waals surface area contributed by atoms with E-state index in [-0.39, 0.29) is 12.1 Å². The molecule has 0 amide bonds. The Morgan fingerprint density at radius 3 is 2.82 bits per heavy atom. The number of piperazine rings is 1. The first-order valence-corrected chi connectivity index (χ1v) is 13.2. The number of imidazole rings is 1. The average Bonchev–Trinajstić information content (AvgIpc) is 3.28. The molecule has 4 heterocycles. The fraction of sp³-hybridized carbons (Fsp3) is 0.364. The maximum absolute atomic E-state index is 12.1. The first kappa shape index (κ1) is 22.8. The third-order valence-electron chi connectivity index (χ3n) is 6.15. The van der Waals surface area contributed by atoms with Crippen LogP contribution in [0, 0.1) is 0 Å². The Morgan fingerprint density at radius 1 is 1.24 bits per heavy atom. The van der Waals surface area contributed by atoms with Gasteiger partial charge in [-0.2, -0.15) is 4.31 Å². The largest absolute Gasteiger partial charge is 0.360 e. The maximum Gasteiger partial charge on any atom is 0.211 e. The molecule has 12 heteroatoms. The number of fused-ring (bicyclic) bond motifs is 2. The fourth-order valence-corrected chi connectivity index (χ4v) is 5.55. The standard InChI is InChI=1S/C22H25ClN8O2S/c1-13-10-30(34(3,32)33)7-8-31(13)22-18-15(5-4-6-16(18)23)9-17(29-22)14(2)28-21-19-20(25-11-24-19)26-12-27-21/h4-6,9,11-14H,7-8,10H2,1-3H3,(H2,24,25,26,27,28)/t13-,14-/m0/s1. The molecule has 10 nitrogen and oxygen atoms in total. The summed E-state index contributed by atoms with van der Waals surface area (Å²) >= 11 is 6.63. The molecule has 1 saturated heterocycles. The van der Waals surface area contributed by atoms with Crippen molar-refractivity contribution < 1.29 is 8.42 Å². The monoisotopic (exact) mass is 500 g/mol. The average molecular weight is 501 g/mol. The van der Waals surface area contributed by atoms with Gasteiger partial charge in [-0.15, -0.1) is 0 Å². The van der Waals surface area contributed by atoms with Crippen molar-refractivity contribution in [2.45, 2.75) is 25.9 Å². The molecule has 0 aliphatic carbocycles. The molecule has 0 spiro atoms. The van der Waals surface area contributed by atoms with Gasteiger partial charge in [0.2, 0.25) is 10.0 Å². The highest BCUT2D eigenvalue weighted by atomic mass is 35.5. The number of aromatic nitrogens is 5. The van der Waals surface area contributed by atoms with E-state index >= 15 is 0 Å². The normalized spacial score (nSPS) is 18.5. The van der Waals surface area contributed by atoms with Crippen LogP contribution in [0.25, 0.3) is 21.9 Å². The van der Waals surface area contributed by atoms with Crippen molar-refractivity contribution in [1.82, 2.24) is 29.2 Å². The van der Waals surface area contributed by atoms with Gasteiger partial charge >= 0.3 is 0 Å². The van der Waals surface area contributed by atoms with Gasteiger partial charge in [-0.1, -0.05) is 23.7 Å². The minimum absolute atomic E-state index is 0.0699. The molecule has 1 aliphatic heterocycles. The highest BCUT2D eigenvalue weighted by molar-refractivity contribution is 7.88. The molecule has 0 saturated carbocycles. The van der Waals surface area contributed by atoms with E-state index in [1.54, 1.807) is 6.33 Å². The number of nitrogens with zero attached hydrogens (tertiary/aromatic N) is 6. The number of halogens is 1. The first-order chi connectivity index (χ1) is 16.2. The van der Waals surface area contributed by atoms with Crippen LogP contribution >= 0.6 is 11.6 Å². The molecular weight excluding hydrogens is 476 g/mol. The number of aromatic amines is 1. The van der Waals surface area contributed by atoms with Crippen molar-refractivity contribution in [3.05, 3.63) is 47.6 Å². The summed E-state index contributed by atoms with van der Waals surface area (Å²) < 4.78 is 25.7. The lowest BCUT2D eigenvalue weighted by atomic mass is 10.1. The van der Waals surface area contributed by atoms with E-state index in [9.17, 15) is 8.42 Å². The molecule has 3 aromatic heterocycles. The van der Waals surface area contributed by atoms with Crippen LogP contribution in [0.2, 0.25) is 5.02 Å². The summed E-state index contributed by atoms with van der Waals surface area (Å²) in [5.74, 6) is 1.36. The smallest absolute Gasteiger partial charge is 0.211 e. The summed E-state index contributed by atoms with van der Waals surface area (Å²) in [5.41, 5.74) is 2.12. The minimum Gasteiger partial charge on any atom is -0.360 e. The van der Waals surface area contributed by atoms with Crippen LogP contribution in [-0.2, 0) is 10.0 Å². The van der Waals surface area contributed by atoms with Crippen LogP contribution < -0.4 is 10.2 Å². The zero-order chi connectivity index (χ0) is 24.0. The second-order valence-electron chi connectivity index (χ2n) is 8.56. The molecule has 2 N–H and O–H groups in total. The van der Waals surface area contributed by atoms with Crippen molar-refractivity contribution >= 4 is 55.2 Å². The molecule has 4 aromatic rings. The Bertz CT molecular complexity index is 1470. The van der Waals surface area contributed by atoms with E-state index in [2.05, 4.69) is 30.2 Å². The SMILES string of the molecule is C[C@H](Nc1ncnc2[nH]cnc12)c1cc2cccc(Cl)c2c(N2CCN(S(C)(=O)=O)C[C@@H]2C)n1. The van der Waals surface area contributed by atoms with Crippen LogP contribution in [0.5, 0.6) is 0 Å². The predicted octanol–water partition coefficient (Wildman–Crippen LogP) is 3.20. The Balaban J connectivity index is 1.54. The molecule has 0 bridgehead atoms. The number of nitrogens with one attached hydrogen (secondary N) is 2. The molecular formula is C22H25ClN8O2S. The Labute approximate surface area is 202 Å².